The van der Waals surface area contributed by atoms with Gasteiger partial charge >= 0.3 is 0 Å². The van der Waals surface area contributed by atoms with Crippen LogP contribution in [0.25, 0.3) is 0 Å². The number of hydrogen-bond donors (Lipinski definition) is 1. The normalized spacial score (nSPS) is 11.8. The van der Waals surface area contributed by atoms with Gasteiger partial charge in [0.1, 0.15) is 12.6 Å². The van der Waals surface area contributed by atoms with Gasteiger partial charge in [-0.1, -0.05) is 77.9 Å². The molecule has 0 heterocycles. The van der Waals surface area contributed by atoms with Crippen LogP contribution in [0, 0.1) is 13.8 Å². The van der Waals surface area contributed by atoms with Crippen LogP contribution >= 0.6 is 0 Å². The van der Waals surface area contributed by atoms with Crippen LogP contribution in [-0.2, 0) is 32.6 Å². The first kappa shape index (κ1) is 33.1. The maximum absolute atomic E-state index is 14.4. The van der Waals surface area contributed by atoms with Crippen molar-refractivity contribution >= 4 is 27.5 Å². The van der Waals surface area contributed by atoms with E-state index in [1.165, 1.54) is 44.4 Å². The molecule has 0 saturated heterocycles. The molecule has 1 N–H and O–H groups in total. The van der Waals surface area contributed by atoms with Crippen molar-refractivity contribution in [2.45, 2.75) is 37.8 Å². The third kappa shape index (κ3) is 8.02. The number of likely N-dealkylation sites (N-methyl/N-ethyl adjacent to an activating group) is 1. The Bertz CT molecular complexity index is 1710. The van der Waals surface area contributed by atoms with Crippen LogP contribution < -0.4 is 19.1 Å². The van der Waals surface area contributed by atoms with Crippen LogP contribution in [0.2, 0.25) is 0 Å². The first-order chi connectivity index (χ1) is 21.6. The van der Waals surface area contributed by atoms with Gasteiger partial charge in [-0.05, 0) is 49.2 Å². The number of sulfonamides is 1. The number of carbonyl (C=O) groups excluding carboxylic acids is 2. The molecule has 45 heavy (non-hydrogen) atoms. The molecule has 2 amide bonds. The summed E-state index contributed by atoms with van der Waals surface area (Å²) in [5.74, 6) is -0.293. The Morgan fingerprint density at radius 3 is 1.96 bits per heavy atom. The van der Waals surface area contributed by atoms with E-state index in [-0.39, 0.29) is 29.5 Å². The summed E-state index contributed by atoms with van der Waals surface area (Å²) in [5, 5.41) is 2.70. The van der Waals surface area contributed by atoms with Gasteiger partial charge in [0.05, 0.1) is 24.8 Å². The van der Waals surface area contributed by atoms with Crippen LogP contribution in [0.5, 0.6) is 11.5 Å². The van der Waals surface area contributed by atoms with E-state index >= 15 is 0 Å². The molecule has 0 spiro atoms. The third-order valence-electron chi connectivity index (χ3n) is 7.53. The molecule has 10 heteroatoms. The monoisotopic (exact) mass is 629 g/mol. The molecule has 0 aliphatic carbocycles. The molecule has 4 aromatic rings. The number of aryl methyl sites for hydroxylation is 2. The summed E-state index contributed by atoms with van der Waals surface area (Å²) in [7, 11) is 0.114. The molecule has 4 rings (SSSR count). The number of hydrogen-bond acceptors (Lipinski definition) is 6. The van der Waals surface area contributed by atoms with Crippen LogP contribution in [0.4, 0.5) is 5.69 Å². The molecule has 4 aromatic carbocycles. The van der Waals surface area contributed by atoms with E-state index < -0.39 is 28.5 Å². The Labute approximate surface area is 265 Å². The average molecular weight is 630 g/mol. The molecule has 0 aliphatic heterocycles. The van der Waals surface area contributed by atoms with Crippen molar-refractivity contribution in [1.29, 1.82) is 0 Å². The third-order valence-corrected chi connectivity index (χ3v) is 9.30. The lowest BCUT2D eigenvalue weighted by atomic mass is 10.0. The van der Waals surface area contributed by atoms with Gasteiger partial charge < -0.3 is 19.7 Å². The highest BCUT2D eigenvalue weighted by molar-refractivity contribution is 7.92. The van der Waals surface area contributed by atoms with Gasteiger partial charge in [-0.3, -0.25) is 13.9 Å². The number of nitrogens with one attached hydrogen (secondary N) is 1. The standard InChI is InChI=1S/C35H39N3O6S/c1-25-11-15-28(16-12-25)23-37(31(35(40)36-3)21-27-9-7-6-8-10-27)34(39)24-38(29-17-13-26(2)14-18-29)45(41,42)30-19-20-32(43-4)33(22-30)44-5/h6-20,22,31H,21,23-24H2,1-5H3,(H,36,40)/t31-/m1/s1. The Morgan fingerprint density at radius 1 is 0.778 bits per heavy atom. The van der Waals surface area contributed by atoms with E-state index in [2.05, 4.69) is 5.32 Å². The lowest BCUT2D eigenvalue weighted by Crippen LogP contribution is -2.53. The Kier molecular flexibility index (Phi) is 10.9. The number of benzene rings is 4. The molecule has 0 aromatic heterocycles. The molecule has 0 unspecified atom stereocenters. The largest absolute Gasteiger partial charge is 0.493 e. The zero-order valence-corrected chi connectivity index (χ0v) is 27.0. The summed E-state index contributed by atoms with van der Waals surface area (Å²) in [6.07, 6.45) is 0.241. The van der Waals surface area contributed by atoms with Crippen LogP contribution in [0.15, 0.2) is 102 Å². The van der Waals surface area contributed by atoms with Crippen LogP contribution in [0.1, 0.15) is 22.3 Å². The van der Waals surface area contributed by atoms with Gasteiger partial charge in [0.25, 0.3) is 10.0 Å². The Morgan fingerprint density at radius 2 is 1.38 bits per heavy atom. The molecule has 1 atom stereocenters. The Balaban J connectivity index is 1.80. The van der Waals surface area contributed by atoms with Gasteiger partial charge in [-0.15, -0.1) is 0 Å². The fourth-order valence-corrected chi connectivity index (χ4v) is 6.38. The van der Waals surface area contributed by atoms with E-state index in [9.17, 15) is 18.0 Å². The average Bonchev–Trinajstić information content (AvgIpc) is 3.06. The molecule has 0 fully saturated rings. The highest BCUT2D eigenvalue weighted by Gasteiger charge is 2.34. The lowest BCUT2D eigenvalue weighted by Gasteiger charge is -2.33. The molecule has 236 valence electrons. The number of anilines is 1. The smallest absolute Gasteiger partial charge is 0.264 e. The van der Waals surface area contributed by atoms with Crippen molar-refractivity contribution in [3.05, 3.63) is 119 Å². The number of methoxy groups -OCH3 is 2. The summed E-state index contributed by atoms with van der Waals surface area (Å²) in [6, 6.07) is 27.3. The van der Waals surface area contributed by atoms with Crippen molar-refractivity contribution in [3.63, 3.8) is 0 Å². The summed E-state index contributed by atoms with van der Waals surface area (Å²) in [5.41, 5.74) is 3.95. The highest BCUT2D eigenvalue weighted by Crippen LogP contribution is 2.32. The first-order valence-corrected chi connectivity index (χ1v) is 15.9. The van der Waals surface area contributed by atoms with E-state index in [1.807, 2.05) is 68.4 Å². The summed E-state index contributed by atoms with van der Waals surface area (Å²) >= 11 is 0. The second kappa shape index (κ2) is 14.8. The van der Waals surface area contributed by atoms with Crippen molar-refractivity contribution < 1.29 is 27.5 Å². The van der Waals surface area contributed by atoms with Gasteiger partial charge in [-0.2, -0.15) is 0 Å². The van der Waals surface area contributed by atoms with Gasteiger partial charge in [-0.25, -0.2) is 8.42 Å². The second-order valence-corrected chi connectivity index (χ2v) is 12.6. The maximum Gasteiger partial charge on any atom is 0.264 e. The molecule has 0 bridgehead atoms. The van der Waals surface area contributed by atoms with E-state index in [4.69, 9.17) is 9.47 Å². The van der Waals surface area contributed by atoms with Crippen LogP contribution in [-0.4, -0.2) is 59.0 Å². The molecule has 9 nitrogen and oxygen atoms in total. The fourth-order valence-electron chi connectivity index (χ4n) is 4.95. The zero-order valence-electron chi connectivity index (χ0n) is 26.2. The number of nitrogens with zero attached hydrogens (tertiary/aromatic N) is 2. The minimum Gasteiger partial charge on any atom is -0.493 e. The first-order valence-electron chi connectivity index (χ1n) is 14.5. The number of rotatable bonds is 13. The van der Waals surface area contributed by atoms with E-state index in [0.29, 0.717) is 11.4 Å². The summed E-state index contributed by atoms with van der Waals surface area (Å²) in [6.45, 7) is 3.41. The van der Waals surface area contributed by atoms with Crippen molar-refractivity contribution in [2.24, 2.45) is 0 Å². The SMILES string of the molecule is CNC(=O)[C@@H](Cc1ccccc1)N(Cc1ccc(C)cc1)C(=O)CN(c1ccc(C)cc1)S(=O)(=O)c1ccc(OC)c(OC)c1. The van der Waals surface area contributed by atoms with Crippen molar-refractivity contribution in [3.8, 4) is 11.5 Å². The van der Waals surface area contributed by atoms with E-state index in [1.54, 1.807) is 24.3 Å². The summed E-state index contributed by atoms with van der Waals surface area (Å²) in [4.78, 5) is 29.2. The predicted molar refractivity (Wildman–Crippen MR) is 175 cm³/mol. The topological polar surface area (TPSA) is 105 Å². The summed E-state index contributed by atoms with van der Waals surface area (Å²) < 4.78 is 40.3. The van der Waals surface area contributed by atoms with Gasteiger partial charge in [0.15, 0.2) is 11.5 Å². The zero-order chi connectivity index (χ0) is 32.6. The molecular weight excluding hydrogens is 590 g/mol. The number of carbonyl (C=O) groups is 2. The van der Waals surface area contributed by atoms with Crippen molar-refractivity contribution in [1.82, 2.24) is 10.2 Å². The molecule has 0 saturated carbocycles. The minimum absolute atomic E-state index is 0.0780. The second-order valence-electron chi connectivity index (χ2n) is 10.7. The predicted octanol–water partition coefficient (Wildman–Crippen LogP) is 4.90. The number of amides is 2. The molecule has 0 aliphatic rings. The van der Waals surface area contributed by atoms with Crippen molar-refractivity contribution in [2.75, 3.05) is 32.1 Å². The molecule has 0 radical (unpaired) electrons. The van der Waals surface area contributed by atoms with Gasteiger partial charge in [0, 0.05) is 26.1 Å². The minimum atomic E-state index is -4.29. The van der Waals surface area contributed by atoms with Gasteiger partial charge in [0.2, 0.25) is 11.8 Å². The van der Waals surface area contributed by atoms with Crippen LogP contribution in [0.3, 0.4) is 0 Å². The highest BCUT2D eigenvalue weighted by atomic mass is 32.2. The van der Waals surface area contributed by atoms with E-state index in [0.717, 1.165) is 26.6 Å². The molecular formula is C35H39N3O6S. The fraction of sp³-hybridized carbons (Fsp3) is 0.257. The maximum atomic E-state index is 14.4. The quantitative estimate of drug-likeness (QED) is 0.226. The number of ether oxygens (including phenoxy) is 2. The lowest BCUT2D eigenvalue weighted by molar-refractivity contribution is -0.139. The Hall–Kier alpha value is -4.83.